The normalized spacial score (nSPS) is 10.9. The number of rotatable bonds is 3. The van der Waals surface area contributed by atoms with E-state index in [0.29, 0.717) is 4.47 Å². The molecule has 2 heterocycles. The van der Waals surface area contributed by atoms with Gasteiger partial charge >= 0.3 is 0 Å². The van der Waals surface area contributed by atoms with Gasteiger partial charge in [-0.3, -0.25) is 4.79 Å². The summed E-state index contributed by atoms with van der Waals surface area (Å²) < 4.78 is 15.2. The Balaban J connectivity index is 1.98. The average molecular weight is 379 g/mol. The van der Waals surface area contributed by atoms with Gasteiger partial charge in [0.25, 0.3) is 5.56 Å². The molecule has 112 valence electrons. The molecule has 1 aromatic carbocycles. The number of nitrogens with zero attached hydrogens (tertiary/aromatic N) is 2. The first kappa shape index (κ1) is 15.1. The highest BCUT2D eigenvalue weighted by atomic mass is 79.9. The van der Waals surface area contributed by atoms with Crippen LogP contribution in [0.5, 0.6) is 0 Å². The van der Waals surface area contributed by atoms with Crippen LogP contribution in [0.15, 0.2) is 51.7 Å². The second-order valence-electron chi connectivity index (χ2n) is 4.86. The molecule has 0 radical (unpaired) electrons. The molecule has 2 aromatic heterocycles. The van der Waals surface area contributed by atoms with Crippen LogP contribution < -0.4 is 5.56 Å². The lowest BCUT2D eigenvalue weighted by Gasteiger charge is -2.08. The van der Waals surface area contributed by atoms with Crippen molar-refractivity contribution in [2.24, 2.45) is 0 Å². The van der Waals surface area contributed by atoms with E-state index in [1.807, 2.05) is 19.1 Å². The number of aromatic nitrogens is 2. The number of aryl methyl sites for hydroxylation is 1. The van der Waals surface area contributed by atoms with Gasteiger partial charge < -0.3 is 0 Å². The number of hydrogen-bond donors (Lipinski definition) is 0. The van der Waals surface area contributed by atoms with Crippen molar-refractivity contribution in [2.75, 3.05) is 0 Å². The zero-order chi connectivity index (χ0) is 15.7. The molecular weight excluding hydrogens is 367 g/mol. The van der Waals surface area contributed by atoms with Crippen LogP contribution in [0, 0.1) is 12.7 Å². The van der Waals surface area contributed by atoms with Crippen molar-refractivity contribution in [3.05, 3.63) is 73.5 Å². The first-order chi connectivity index (χ1) is 10.5. The van der Waals surface area contributed by atoms with Crippen LogP contribution in [0.4, 0.5) is 4.39 Å². The largest absolute Gasteiger partial charge is 0.268 e. The van der Waals surface area contributed by atoms with E-state index >= 15 is 0 Å². The zero-order valence-electron chi connectivity index (χ0n) is 11.7. The van der Waals surface area contributed by atoms with Gasteiger partial charge in [0.2, 0.25) is 0 Å². The fourth-order valence-corrected chi connectivity index (χ4v) is 3.39. The van der Waals surface area contributed by atoms with Crippen molar-refractivity contribution in [1.82, 2.24) is 9.78 Å². The van der Waals surface area contributed by atoms with Crippen molar-refractivity contribution in [2.45, 2.75) is 13.5 Å². The van der Waals surface area contributed by atoms with Gasteiger partial charge in [-0.25, -0.2) is 9.07 Å². The summed E-state index contributed by atoms with van der Waals surface area (Å²) in [6.45, 7) is 2.32. The van der Waals surface area contributed by atoms with Crippen LogP contribution in [0.1, 0.15) is 10.4 Å². The van der Waals surface area contributed by atoms with Gasteiger partial charge in [0, 0.05) is 15.4 Å². The molecule has 0 atom stereocenters. The molecule has 0 bridgehead atoms. The van der Waals surface area contributed by atoms with Crippen molar-refractivity contribution in [1.29, 1.82) is 0 Å². The Labute approximate surface area is 139 Å². The third-order valence-electron chi connectivity index (χ3n) is 3.19. The molecule has 0 aliphatic heterocycles. The fourth-order valence-electron chi connectivity index (χ4n) is 2.08. The smallest absolute Gasteiger partial charge is 0.267 e. The maximum absolute atomic E-state index is 13.1. The third kappa shape index (κ3) is 3.18. The van der Waals surface area contributed by atoms with Crippen LogP contribution in [0.3, 0.4) is 0 Å². The number of hydrogen-bond acceptors (Lipinski definition) is 3. The van der Waals surface area contributed by atoms with E-state index in [1.54, 1.807) is 23.5 Å². The molecule has 0 saturated carbocycles. The van der Waals surface area contributed by atoms with E-state index in [-0.39, 0.29) is 17.9 Å². The van der Waals surface area contributed by atoms with Crippen molar-refractivity contribution >= 4 is 27.3 Å². The lowest BCUT2D eigenvalue weighted by molar-refractivity contribution is 0.618. The van der Waals surface area contributed by atoms with Crippen molar-refractivity contribution in [3.63, 3.8) is 0 Å². The lowest BCUT2D eigenvalue weighted by Crippen LogP contribution is -2.22. The Kier molecular flexibility index (Phi) is 4.22. The highest BCUT2D eigenvalue weighted by molar-refractivity contribution is 9.10. The molecule has 3 nitrogen and oxygen atoms in total. The van der Waals surface area contributed by atoms with E-state index < -0.39 is 0 Å². The van der Waals surface area contributed by atoms with Crippen LogP contribution in [-0.4, -0.2) is 9.78 Å². The molecule has 3 aromatic rings. The van der Waals surface area contributed by atoms with E-state index in [0.717, 1.165) is 16.1 Å². The third-order valence-corrected chi connectivity index (χ3v) is 4.96. The number of halogens is 2. The maximum Gasteiger partial charge on any atom is 0.267 e. The van der Waals surface area contributed by atoms with Crippen molar-refractivity contribution in [3.8, 4) is 10.6 Å². The molecule has 3 rings (SSSR count). The first-order valence-electron chi connectivity index (χ1n) is 6.62. The average Bonchev–Trinajstić information content (AvgIpc) is 2.90. The summed E-state index contributed by atoms with van der Waals surface area (Å²) >= 11 is 4.94. The molecule has 0 saturated heterocycles. The molecule has 22 heavy (non-hydrogen) atoms. The number of thiophene rings is 1. The maximum atomic E-state index is 13.1. The van der Waals surface area contributed by atoms with Crippen LogP contribution >= 0.6 is 27.3 Å². The monoisotopic (exact) mass is 378 g/mol. The quantitative estimate of drug-likeness (QED) is 0.683. The molecule has 0 aliphatic rings. The van der Waals surface area contributed by atoms with Crippen LogP contribution in [-0.2, 0) is 6.54 Å². The Hall–Kier alpha value is -1.79. The van der Waals surface area contributed by atoms with E-state index in [9.17, 15) is 9.18 Å². The summed E-state index contributed by atoms with van der Waals surface area (Å²) in [7, 11) is 0. The highest BCUT2D eigenvalue weighted by Crippen LogP contribution is 2.25. The van der Waals surface area contributed by atoms with Crippen molar-refractivity contribution < 1.29 is 4.39 Å². The molecular formula is C16H12BrFN2OS. The van der Waals surface area contributed by atoms with Gasteiger partial charge in [0.1, 0.15) is 11.5 Å². The molecule has 0 fully saturated rings. The summed E-state index contributed by atoms with van der Waals surface area (Å²) in [5.74, 6) is -0.321. The Morgan fingerprint density at radius 3 is 2.73 bits per heavy atom. The minimum atomic E-state index is -0.321. The summed E-state index contributed by atoms with van der Waals surface area (Å²) in [6.07, 6.45) is 0. The van der Waals surface area contributed by atoms with Gasteiger partial charge in [-0.15, -0.1) is 11.3 Å². The van der Waals surface area contributed by atoms with Gasteiger partial charge in [-0.1, -0.05) is 22.0 Å². The van der Waals surface area contributed by atoms with Gasteiger partial charge in [-0.2, -0.15) is 5.10 Å². The van der Waals surface area contributed by atoms with E-state index in [1.165, 1.54) is 27.8 Å². The molecule has 0 unspecified atom stereocenters. The molecule has 0 aliphatic carbocycles. The topological polar surface area (TPSA) is 34.9 Å². The highest BCUT2D eigenvalue weighted by Gasteiger charge is 2.08. The minimum Gasteiger partial charge on any atom is -0.268 e. The van der Waals surface area contributed by atoms with Gasteiger partial charge in [-0.05, 0) is 42.8 Å². The van der Waals surface area contributed by atoms with E-state index in [4.69, 9.17) is 0 Å². The summed E-state index contributed by atoms with van der Waals surface area (Å²) in [4.78, 5) is 14.2. The minimum absolute atomic E-state index is 0.187. The zero-order valence-corrected chi connectivity index (χ0v) is 14.1. The summed E-state index contributed by atoms with van der Waals surface area (Å²) in [5, 5.41) is 4.41. The predicted octanol–water partition coefficient (Wildman–Crippen LogP) is 4.23. The Bertz CT molecular complexity index is 888. The predicted molar refractivity (Wildman–Crippen MR) is 89.7 cm³/mol. The molecule has 0 amide bonds. The SMILES string of the molecule is Cc1ccc(-c2ccc(=O)n(Cc3ccc(F)cc3Br)n2)s1. The molecule has 0 spiro atoms. The fraction of sp³-hybridized carbons (Fsp3) is 0.125. The molecule has 6 heteroatoms. The summed E-state index contributed by atoms with van der Waals surface area (Å²) in [6, 6.07) is 11.7. The Morgan fingerprint density at radius 1 is 1.23 bits per heavy atom. The Morgan fingerprint density at radius 2 is 2.05 bits per heavy atom. The van der Waals surface area contributed by atoms with Crippen LogP contribution in [0.2, 0.25) is 0 Å². The summed E-state index contributed by atoms with van der Waals surface area (Å²) in [5.41, 5.74) is 1.37. The first-order valence-corrected chi connectivity index (χ1v) is 8.23. The molecule has 0 N–H and O–H groups in total. The van der Waals surface area contributed by atoms with Gasteiger partial charge in [0.05, 0.1) is 11.4 Å². The second kappa shape index (κ2) is 6.14. The second-order valence-corrected chi connectivity index (χ2v) is 7.00. The standard InChI is InChI=1S/C16H12BrFN2OS/c1-10-2-6-15(22-10)14-5-7-16(21)20(19-14)9-11-3-4-12(18)8-13(11)17/h2-8H,9H2,1H3. The van der Waals surface area contributed by atoms with Crippen LogP contribution in [0.25, 0.3) is 10.6 Å². The lowest BCUT2D eigenvalue weighted by atomic mass is 10.2. The number of benzene rings is 1. The van der Waals surface area contributed by atoms with Gasteiger partial charge in [0.15, 0.2) is 0 Å². The van der Waals surface area contributed by atoms with E-state index in [2.05, 4.69) is 21.0 Å².